The van der Waals surface area contributed by atoms with Crippen LogP contribution in [-0.2, 0) is 14.8 Å². The fraction of sp³-hybridized carbons (Fsp3) is 0.382. The number of sulfonamides is 1. The van der Waals surface area contributed by atoms with Crippen molar-refractivity contribution in [2.75, 3.05) is 25.5 Å². The number of nitrogens with one attached hydrogen (secondary N) is 1. The molecule has 0 spiro atoms. The van der Waals surface area contributed by atoms with Gasteiger partial charge in [-0.25, -0.2) is 12.7 Å². The first-order valence-corrected chi connectivity index (χ1v) is 16.7. The molecular formula is C34H38N4O4S. The second-order valence-electron chi connectivity index (χ2n) is 11.9. The minimum Gasteiger partial charge on any atom is -0.335 e. The summed E-state index contributed by atoms with van der Waals surface area (Å²) in [5.41, 5.74) is 3.67. The van der Waals surface area contributed by atoms with Crippen LogP contribution in [0.3, 0.4) is 0 Å². The molecule has 0 aromatic heterocycles. The number of carbonyl (C=O) groups is 2. The van der Waals surface area contributed by atoms with Crippen LogP contribution in [-0.4, -0.2) is 61.3 Å². The van der Waals surface area contributed by atoms with Crippen molar-refractivity contribution in [1.82, 2.24) is 9.21 Å². The van der Waals surface area contributed by atoms with Crippen LogP contribution in [0.2, 0.25) is 0 Å². The Labute approximate surface area is 253 Å². The number of amides is 2. The molecule has 8 nitrogen and oxygen atoms in total. The largest absolute Gasteiger partial charge is 0.335 e. The number of hydrogen-bond acceptors (Lipinski definition) is 5. The summed E-state index contributed by atoms with van der Waals surface area (Å²) in [5, 5.41) is 2.92. The number of benzene rings is 3. The van der Waals surface area contributed by atoms with Gasteiger partial charge in [0.05, 0.1) is 16.3 Å². The van der Waals surface area contributed by atoms with Gasteiger partial charge in [0, 0.05) is 37.4 Å². The molecule has 0 radical (unpaired) electrons. The van der Waals surface area contributed by atoms with Crippen LogP contribution in [0.1, 0.15) is 72.9 Å². The minimum atomic E-state index is -3.73. The molecule has 2 bridgehead atoms. The Kier molecular flexibility index (Phi) is 8.20. The van der Waals surface area contributed by atoms with Crippen LogP contribution in [0.25, 0.3) is 0 Å². The van der Waals surface area contributed by atoms with Crippen molar-refractivity contribution in [1.29, 1.82) is 0 Å². The summed E-state index contributed by atoms with van der Waals surface area (Å²) in [5.74, 6) is -0.389. The highest BCUT2D eigenvalue weighted by Crippen LogP contribution is 2.39. The molecule has 3 aliphatic rings. The first-order chi connectivity index (χ1) is 20.8. The SMILES string of the molecule is CCCCN(C)S(=O)(=O)c1ccc2c(c1)C(C(=Nc1ccc(C(=O)N3CC4CCCC3C4)cc1)c1ccccc1)C(=O)N2. The van der Waals surface area contributed by atoms with Gasteiger partial charge < -0.3 is 10.2 Å². The Balaban J connectivity index is 1.34. The van der Waals surface area contributed by atoms with Gasteiger partial charge in [0.1, 0.15) is 5.92 Å². The molecule has 1 saturated carbocycles. The molecule has 1 aliphatic carbocycles. The Morgan fingerprint density at radius 2 is 1.79 bits per heavy atom. The third-order valence-electron chi connectivity index (χ3n) is 9.01. The second kappa shape index (κ2) is 12.1. The maximum atomic E-state index is 13.5. The van der Waals surface area contributed by atoms with Crippen molar-refractivity contribution in [2.24, 2.45) is 10.9 Å². The summed E-state index contributed by atoms with van der Waals surface area (Å²) in [4.78, 5) is 33.9. The van der Waals surface area contributed by atoms with Crippen molar-refractivity contribution >= 4 is 38.9 Å². The fourth-order valence-electron chi connectivity index (χ4n) is 6.63. The number of nitrogens with zero attached hydrogens (tertiary/aromatic N) is 3. The van der Waals surface area contributed by atoms with Crippen molar-refractivity contribution in [3.8, 4) is 0 Å². The monoisotopic (exact) mass is 598 g/mol. The van der Waals surface area contributed by atoms with Crippen molar-refractivity contribution in [3.63, 3.8) is 0 Å². The maximum Gasteiger partial charge on any atom is 0.254 e. The van der Waals surface area contributed by atoms with Crippen LogP contribution >= 0.6 is 0 Å². The quantitative estimate of drug-likeness (QED) is 0.307. The molecule has 43 heavy (non-hydrogen) atoms. The summed E-state index contributed by atoms with van der Waals surface area (Å²) in [6.45, 7) is 3.28. The van der Waals surface area contributed by atoms with Gasteiger partial charge >= 0.3 is 0 Å². The molecule has 2 fully saturated rings. The van der Waals surface area contributed by atoms with Gasteiger partial charge in [-0.2, -0.15) is 0 Å². The molecule has 1 saturated heterocycles. The third kappa shape index (κ3) is 5.76. The highest BCUT2D eigenvalue weighted by atomic mass is 32.2. The standard InChI is InChI=1S/C34H38N4O4S/c1-3-4-19-37(2)43(41,42)28-17-18-30-29(21-28)31(33(39)36-30)32(24-10-6-5-7-11-24)35-26-15-13-25(14-16-26)34(40)38-22-23-9-8-12-27(38)20-23/h5-7,10-11,13-18,21,23,27,31H,3-4,8-9,12,19-20,22H2,1-2H3,(H,36,39). The van der Waals surface area contributed by atoms with Gasteiger partial charge in [-0.05, 0) is 85.2 Å². The van der Waals surface area contributed by atoms with Crippen LogP contribution in [0, 0.1) is 5.92 Å². The molecule has 1 N–H and O–H groups in total. The van der Waals surface area contributed by atoms with Crippen molar-refractivity contribution in [3.05, 3.63) is 89.5 Å². The van der Waals surface area contributed by atoms with Crippen molar-refractivity contribution in [2.45, 2.75) is 62.3 Å². The van der Waals surface area contributed by atoms with Gasteiger partial charge in [0.15, 0.2) is 0 Å². The summed E-state index contributed by atoms with van der Waals surface area (Å²) < 4.78 is 28.1. The molecule has 9 heteroatoms. The lowest BCUT2D eigenvalue weighted by atomic mass is 9.90. The van der Waals surface area contributed by atoms with Crippen LogP contribution in [0.15, 0.2) is 82.7 Å². The predicted molar refractivity (Wildman–Crippen MR) is 168 cm³/mol. The molecule has 3 aromatic carbocycles. The minimum absolute atomic E-state index is 0.0648. The van der Waals surface area contributed by atoms with Gasteiger partial charge in [-0.1, -0.05) is 50.1 Å². The van der Waals surface area contributed by atoms with E-state index in [0.29, 0.717) is 46.7 Å². The number of anilines is 1. The first kappa shape index (κ1) is 29.3. The fourth-order valence-corrected chi connectivity index (χ4v) is 7.87. The Morgan fingerprint density at radius 1 is 1.02 bits per heavy atom. The van der Waals surface area contributed by atoms with Gasteiger partial charge in [0.25, 0.3) is 5.91 Å². The van der Waals surface area contributed by atoms with E-state index in [9.17, 15) is 18.0 Å². The third-order valence-corrected chi connectivity index (χ3v) is 10.9. The lowest BCUT2D eigenvalue weighted by molar-refractivity contribution is -0.115. The van der Waals surface area contributed by atoms with E-state index in [4.69, 9.17) is 4.99 Å². The Bertz CT molecular complexity index is 1650. The number of rotatable bonds is 9. The normalized spacial score (nSPS) is 21.7. The Hall–Kier alpha value is -3.82. The number of likely N-dealkylation sites (tertiary alicyclic amines) is 1. The molecular weight excluding hydrogens is 560 g/mol. The highest BCUT2D eigenvalue weighted by Gasteiger charge is 2.39. The van der Waals surface area contributed by atoms with Gasteiger partial charge in [-0.15, -0.1) is 0 Å². The number of unbranched alkanes of at least 4 members (excludes halogenated alkanes) is 1. The molecule has 2 aliphatic heterocycles. The van der Waals surface area contributed by atoms with E-state index in [1.54, 1.807) is 25.2 Å². The zero-order valence-corrected chi connectivity index (χ0v) is 25.5. The predicted octanol–water partition coefficient (Wildman–Crippen LogP) is 5.98. The van der Waals surface area contributed by atoms with Gasteiger partial charge in [-0.3, -0.25) is 14.6 Å². The van der Waals surface area contributed by atoms with E-state index in [1.807, 2.05) is 66.4 Å². The molecule has 3 atom stereocenters. The van der Waals surface area contributed by atoms with Crippen molar-refractivity contribution < 1.29 is 18.0 Å². The number of hydrogen-bond donors (Lipinski definition) is 1. The van der Waals surface area contributed by atoms with E-state index in [2.05, 4.69) is 5.32 Å². The topological polar surface area (TPSA) is 99.2 Å². The average Bonchev–Trinajstić information content (AvgIpc) is 3.51. The van der Waals surface area contributed by atoms with E-state index in [1.165, 1.54) is 17.1 Å². The van der Waals surface area contributed by atoms with E-state index >= 15 is 0 Å². The zero-order chi connectivity index (χ0) is 30.1. The van der Waals surface area contributed by atoms with Gasteiger partial charge in [0.2, 0.25) is 15.9 Å². The summed E-state index contributed by atoms with van der Waals surface area (Å²) in [7, 11) is -2.15. The molecule has 3 aromatic rings. The molecule has 3 unspecified atom stereocenters. The van der Waals surface area contributed by atoms with Crippen LogP contribution in [0.4, 0.5) is 11.4 Å². The molecule has 2 amide bonds. The summed E-state index contributed by atoms with van der Waals surface area (Å²) >= 11 is 0. The lowest BCUT2D eigenvalue weighted by Gasteiger charge is -2.24. The highest BCUT2D eigenvalue weighted by molar-refractivity contribution is 7.89. The van der Waals surface area contributed by atoms with Crippen LogP contribution < -0.4 is 5.32 Å². The van der Waals surface area contributed by atoms with E-state index < -0.39 is 15.9 Å². The summed E-state index contributed by atoms with van der Waals surface area (Å²) in [6.07, 6.45) is 6.23. The number of fused-ring (bicyclic) bond motifs is 3. The number of carbonyl (C=O) groups excluding carboxylic acids is 2. The van der Waals surface area contributed by atoms with E-state index in [-0.39, 0.29) is 16.7 Å². The second-order valence-corrected chi connectivity index (χ2v) is 14.0. The number of aliphatic imine (C=N–C) groups is 1. The lowest BCUT2D eigenvalue weighted by Crippen LogP contribution is -2.35. The van der Waals surface area contributed by atoms with E-state index in [0.717, 1.165) is 37.8 Å². The first-order valence-electron chi connectivity index (χ1n) is 15.2. The summed E-state index contributed by atoms with van der Waals surface area (Å²) in [6, 6.07) is 21.9. The average molecular weight is 599 g/mol. The maximum absolute atomic E-state index is 13.5. The smallest absolute Gasteiger partial charge is 0.254 e. The molecule has 6 rings (SSSR count). The Morgan fingerprint density at radius 3 is 2.51 bits per heavy atom. The molecule has 2 heterocycles. The van der Waals surface area contributed by atoms with Crippen LogP contribution in [0.5, 0.6) is 0 Å². The molecule has 224 valence electrons. The zero-order valence-electron chi connectivity index (χ0n) is 24.7.